The first-order valence-corrected chi connectivity index (χ1v) is 7.45. The SMILES string of the molecule is CC(C)N1c2ccc(F)cc2NC(=O)C12CCCCC2. The molecule has 1 aromatic carbocycles. The van der Waals surface area contributed by atoms with Crippen molar-refractivity contribution >= 4 is 17.3 Å². The molecule has 1 spiro atoms. The topological polar surface area (TPSA) is 32.3 Å². The van der Waals surface area contributed by atoms with Crippen LogP contribution in [0.2, 0.25) is 0 Å². The van der Waals surface area contributed by atoms with Crippen molar-refractivity contribution in [3.8, 4) is 0 Å². The molecule has 0 saturated heterocycles. The Morgan fingerprint density at radius 3 is 2.60 bits per heavy atom. The molecule has 0 atom stereocenters. The molecule has 1 fully saturated rings. The Balaban J connectivity index is 2.12. The minimum atomic E-state index is -0.447. The first-order chi connectivity index (χ1) is 9.54. The van der Waals surface area contributed by atoms with Crippen LogP contribution in [0.3, 0.4) is 0 Å². The van der Waals surface area contributed by atoms with Crippen LogP contribution in [0.1, 0.15) is 46.0 Å². The minimum Gasteiger partial charge on any atom is -0.353 e. The van der Waals surface area contributed by atoms with Gasteiger partial charge in [-0.2, -0.15) is 0 Å². The summed E-state index contributed by atoms with van der Waals surface area (Å²) < 4.78 is 13.4. The predicted octanol–water partition coefficient (Wildman–Crippen LogP) is 3.70. The summed E-state index contributed by atoms with van der Waals surface area (Å²) in [6, 6.07) is 4.89. The number of rotatable bonds is 1. The number of halogens is 1. The van der Waals surface area contributed by atoms with Crippen LogP contribution in [0.5, 0.6) is 0 Å². The molecule has 1 saturated carbocycles. The Morgan fingerprint density at radius 2 is 1.95 bits per heavy atom. The normalized spacial score (nSPS) is 21.0. The molecule has 1 heterocycles. The van der Waals surface area contributed by atoms with Gasteiger partial charge < -0.3 is 10.2 Å². The van der Waals surface area contributed by atoms with E-state index in [1.54, 1.807) is 6.07 Å². The molecule has 3 rings (SSSR count). The molecule has 0 radical (unpaired) electrons. The zero-order valence-electron chi connectivity index (χ0n) is 12.1. The highest BCUT2D eigenvalue weighted by atomic mass is 19.1. The highest BCUT2D eigenvalue weighted by Crippen LogP contribution is 2.45. The van der Waals surface area contributed by atoms with Crippen LogP contribution in [0.4, 0.5) is 15.8 Å². The van der Waals surface area contributed by atoms with Gasteiger partial charge in [0, 0.05) is 6.04 Å². The van der Waals surface area contributed by atoms with Crippen molar-refractivity contribution in [1.29, 1.82) is 0 Å². The third-order valence-corrected chi connectivity index (χ3v) is 4.55. The zero-order chi connectivity index (χ0) is 14.3. The van der Waals surface area contributed by atoms with Gasteiger partial charge in [-0.1, -0.05) is 19.3 Å². The first-order valence-electron chi connectivity index (χ1n) is 7.45. The summed E-state index contributed by atoms with van der Waals surface area (Å²) in [4.78, 5) is 14.9. The lowest BCUT2D eigenvalue weighted by molar-refractivity contribution is -0.123. The molecule has 1 amide bonds. The first kappa shape index (κ1) is 13.4. The highest BCUT2D eigenvalue weighted by Gasteiger charge is 2.49. The highest BCUT2D eigenvalue weighted by molar-refractivity contribution is 6.06. The molecule has 1 aromatic rings. The standard InChI is InChI=1S/C16H21FN2O/c1-11(2)19-14-7-6-12(17)10-13(14)18-15(20)16(19)8-4-3-5-9-16/h6-7,10-11H,3-5,8-9H2,1-2H3,(H,18,20). The number of nitrogens with zero attached hydrogens (tertiary/aromatic N) is 1. The van der Waals surface area contributed by atoms with Crippen molar-refractivity contribution in [3.63, 3.8) is 0 Å². The zero-order valence-corrected chi connectivity index (χ0v) is 12.1. The quantitative estimate of drug-likeness (QED) is 0.848. The maximum absolute atomic E-state index is 13.4. The van der Waals surface area contributed by atoms with Gasteiger partial charge in [-0.3, -0.25) is 4.79 Å². The summed E-state index contributed by atoms with van der Waals surface area (Å²) in [6.45, 7) is 4.20. The maximum atomic E-state index is 13.4. The predicted molar refractivity (Wildman–Crippen MR) is 78.5 cm³/mol. The molecule has 1 aliphatic carbocycles. The van der Waals surface area contributed by atoms with Gasteiger partial charge in [0.25, 0.3) is 0 Å². The minimum absolute atomic E-state index is 0.0315. The molecule has 0 unspecified atom stereocenters. The molecule has 1 aliphatic heterocycles. The molecule has 2 aliphatic rings. The monoisotopic (exact) mass is 276 g/mol. The number of nitrogens with one attached hydrogen (secondary N) is 1. The average Bonchev–Trinajstić information content (AvgIpc) is 2.41. The molecule has 4 heteroatoms. The summed E-state index contributed by atoms with van der Waals surface area (Å²) in [7, 11) is 0. The summed E-state index contributed by atoms with van der Waals surface area (Å²) in [6.07, 6.45) is 5.11. The maximum Gasteiger partial charge on any atom is 0.250 e. The number of benzene rings is 1. The van der Waals surface area contributed by atoms with E-state index in [9.17, 15) is 9.18 Å². The van der Waals surface area contributed by atoms with Crippen LogP contribution in [0.25, 0.3) is 0 Å². The molecule has 20 heavy (non-hydrogen) atoms. The van der Waals surface area contributed by atoms with Crippen LogP contribution < -0.4 is 10.2 Å². The number of hydrogen-bond acceptors (Lipinski definition) is 2. The van der Waals surface area contributed by atoms with Gasteiger partial charge in [0.15, 0.2) is 0 Å². The van der Waals surface area contributed by atoms with Gasteiger partial charge in [0.05, 0.1) is 11.4 Å². The molecule has 3 nitrogen and oxygen atoms in total. The molecule has 0 aromatic heterocycles. The van der Waals surface area contributed by atoms with E-state index in [-0.39, 0.29) is 17.8 Å². The smallest absolute Gasteiger partial charge is 0.250 e. The van der Waals surface area contributed by atoms with Gasteiger partial charge in [-0.25, -0.2) is 4.39 Å². The summed E-state index contributed by atoms with van der Waals surface area (Å²) >= 11 is 0. The van der Waals surface area contributed by atoms with Crippen LogP contribution in [0.15, 0.2) is 18.2 Å². The van der Waals surface area contributed by atoms with E-state index in [2.05, 4.69) is 24.1 Å². The number of carbonyl (C=O) groups excluding carboxylic acids is 1. The Kier molecular flexibility index (Phi) is 3.19. The number of hydrogen-bond donors (Lipinski definition) is 1. The number of anilines is 2. The van der Waals surface area contributed by atoms with Crippen molar-refractivity contribution in [2.75, 3.05) is 10.2 Å². The van der Waals surface area contributed by atoms with Crippen molar-refractivity contribution in [1.82, 2.24) is 0 Å². The van der Waals surface area contributed by atoms with Gasteiger partial charge in [0.1, 0.15) is 11.4 Å². The lowest BCUT2D eigenvalue weighted by Crippen LogP contribution is -2.63. The van der Waals surface area contributed by atoms with Crippen LogP contribution in [0, 0.1) is 5.82 Å². The Hall–Kier alpha value is -1.58. The summed E-state index contributed by atoms with van der Waals surface area (Å²) in [5.41, 5.74) is 1.10. The van der Waals surface area contributed by atoms with E-state index in [1.807, 2.05) is 0 Å². The van der Waals surface area contributed by atoms with E-state index in [0.29, 0.717) is 5.69 Å². The van der Waals surface area contributed by atoms with Gasteiger partial charge >= 0.3 is 0 Å². The van der Waals surface area contributed by atoms with Crippen molar-refractivity contribution in [2.24, 2.45) is 0 Å². The van der Waals surface area contributed by atoms with E-state index >= 15 is 0 Å². The van der Waals surface area contributed by atoms with Crippen molar-refractivity contribution < 1.29 is 9.18 Å². The van der Waals surface area contributed by atoms with Crippen molar-refractivity contribution in [2.45, 2.75) is 57.5 Å². The average molecular weight is 276 g/mol. The molecule has 108 valence electrons. The fourth-order valence-corrected chi connectivity index (χ4v) is 3.77. The summed E-state index contributed by atoms with van der Waals surface area (Å²) in [5, 5.41) is 2.93. The van der Waals surface area contributed by atoms with E-state index < -0.39 is 5.54 Å². The fraction of sp³-hybridized carbons (Fsp3) is 0.562. The summed E-state index contributed by atoms with van der Waals surface area (Å²) in [5.74, 6) is -0.281. The van der Waals surface area contributed by atoms with E-state index in [0.717, 1.165) is 31.4 Å². The molecule has 0 bridgehead atoms. The fourth-order valence-electron chi connectivity index (χ4n) is 3.77. The van der Waals surface area contributed by atoms with Crippen LogP contribution in [-0.2, 0) is 4.79 Å². The van der Waals surface area contributed by atoms with Crippen molar-refractivity contribution in [3.05, 3.63) is 24.0 Å². The van der Waals surface area contributed by atoms with E-state index in [4.69, 9.17) is 0 Å². The second kappa shape index (κ2) is 4.76. The Bertz CT molecular complexity index is 535. The number of carbonyl (C=O) groups is 1. The van der Waals surface area contributed by atoms with Crippen LogP contribution >= 0.6 is 0 Å². The second-order valence-electron chi connectivity index (χ2n) is 6.17. The van der Waals surface area contributed by atoms with Gasteiger partial charge in [0.2, 0.25) is 5.91 Å². The molecular weight excluding hydrogens is 255 g/mol. The van der Waals surface area contributed by atoms with Gasteiger partial charge in [-0.05, 0) is 44.9 Å². The van der Waals surface area contributed by atoms with Gasteiger partial charge in [-0.15, -0.1) is 0 Å². The Labute approximate surface area is 119 Å². The van der Waals surface area contributed by atoms with E-state index in [1.165, 1.54) is 18.6 Å². The number of amides is 1. The van der Waals surface area contributed by atoms with Crippen LogP contribution in [-0.4, -0.2) is 17.5 Å². The molecular formula is C16H21FN2O. The lowest BCUT2D eigenvalue weighted by atomic mass is 9.77. The third-order valence-electron chi connectivity index (χ3n) is 4.55. The lowest BCUT2D eigenvalue weighted by Gasteiger charge is -2.51. The number of fused-ring (bicyclic) bond motifs is 1. The molecule has 1 N–H and O–H groups in total. The second-order valence-corrected chi connectivity index (χ2v) is 6.17. The third kappa shape index (κ3) is 1.89. The largest absolute Gasteiger partial charge is 0.353 e. The Morgan fingerprint density at radius 1 is 1.25 bits per heavy atom.